The highest BCUT2D eigenvalue weighted by atomic mass is 16.8. The number of nitrogens with zero attached hydrogens (tertiary/aromatic N) is 3. The number of primary amides is 1. The molecule has 9 heteroatoms. The normalized spacial score (nSPS) is 31.7. The number of carbonyl (C=O) groups excluding carboxylic acids is 1. The molecule has 124 valence electrons. The Kier molecular flexibility index (Phi) is 3.85. The van der Waals surface area contributed by atoms with E-state index >= 15 is 0 Å². The van der Waals surface area contributed by atoms with Crippen molar-refractivity contribution in [2.24, 2.45) is 5.73 Å². The maximum Gasteiger partial charge on any atom is 0.269 e. The predicted molar refractivity (Wildman–Crippen MR) is 74.9 cm³/mol. The molecule has 2 aliphatic rings. The average Bonchev–Trinajstić information content (AvgIpc) is 3.10. The van der Waals surface area contributed by atoms with Crippen LogP contribution in [-0.4, -0.2) is 51.3 Å². The van der Waals surface area contributed by atoms with Crippen molar-refractivity contribution in [3.05, 3.63) is 17.7 Å². The summed E-state index contributed by atoms with van der Waals surface area (Å²) in [5.41, 5.74) is 5.68. The Balaban J connectivity index is 1.99. The van der Waals surface area contributed by atoms with E-state index in [-0.39, 0.29) is 18.7 Å². The Hall–Kier alpha value is -1.99. The van der Waals surface area contributed by atoms with Gasteiger partial charge in [0.15, 0.2) is 12.0 Å². The number of carbonyl (C=O) groups is 1. The van der Waals surface area contributed by atoms with Gasteiger partial charge in [-0.15, -0.1) is 0 Å². The van der Waals surface area contributed by atoms with Gasteiger partial charge >= 0.3 is 0 Å². The molecular formula is C14H18N4O5. The highest BCUT2D eigenvalue weighted by molar-refractivity contribution is 5.92. The molecule has 1 amide bonds. The Morgan fingerprint density at radius 1 is 1.52 bits per heavy atom. The minimum absolute atomic E-state index is 0.0253. The summed E-state index contributed by atoms with van der Waals surface area (Å²) >= 11 is 0. The number of amides is 1. The molecule has 1 aromatic heterocycles. The lowest BCUT2D eigenvalue weighted by molar-refractivity contribution is -0.200. The first-order valence-corrected chi connectivity index (χ1v) is 7.22. The van der Waals surface area contributed by atoms with Crippen molar-refractivity contribution in [2.45, 2.75) is 50.6 Å². The molecule has 0 aromatic carbocycles. The fourth-order valence-electron chi connectivity index (χ4n) is 3.09. The van der Waals surface area contributed by atoms with Gasteiger partial charge in [-0.3, -0.25) is 4.79 Å². The van der Waals surface area contributed by atoms with Crippen LogP contribution in [0.25, 0.3) is 0 Å². The van der Waals surface area contributed by atoms with Crippen LogP contribution in [0.4, 0.5) is 0 Å². The van der Waals surface area contributed by atoms with Gasteiger partial charge < -0.3 is 29.6 Å². The second kappa shape index (κ2) is 5.58. The molecule has 0 saturated carbocycles. The molecule has 1 aromatic rings. The number of hydrogen-bond acceptors (Lipinski definition) is 7. The van der Waals surface area contributed by atoms with Gasteiger partial charge in [0, 0.05) is 0 Å². The summed E-state index contributed by atoms with van der Waals surface area (Å²) in [5.74, 6) is -1.53. The average molecular weight is 322 g/mol. The maximum atomic E-state index is 11.5. The second-order valence-electron chi connectivity index (χ2n) is 5.96. The number of ether oxygens (including phenoxy) is 3. The molecule has 23 heavy (non-hydrogen) atoms. The predicted octanol–water partition coefficient (Wildman–Crippen LogP) is -0.542. The maximum absolute atomic E-state index is 11.5. The van der Waals surface area contributed by atoms with Gasteiger partial charge in [0.05, 0.1) is 31.1 Å². The van der Waals surface area contributed by atoms with Crippen LogP contribution in [0.5, 0.6) is 0 Å². The molecular weight excluding hydrogens is 304 g/mol. The van der Waals surface area contributed by atoms with Gasteiger partial charge in [-0.1, -0.05) is 0 Å². The molecule has 3 N–H and O–H groups in total. The topological polar surface area (TPSA) is 133 Å². The van der Waals surface area contributed by atoms with Gasteiger partial charge in [0.2, 0.25) is 0 Å². The summed E-state index contributed by atoms with van der Waals surface area (Å²) in [6.07, 6.45) is -0.833. The lowest BCUT2D eigenvalue weighted by Gasteiger charge is -2.24. The van der Waals surface area contributed by atoms with E-state index in [0.717, 1.165) is 0 Å². The second-order valence-corrected chi connectivity index (χ2v) is 5.96. The van der Waals surface area contributed by atoms with Crippen molar-refractivity contribution in [1.29, 1.82) is 5.26 Å². The van der Waals surface area contributed by atoms with Crippen LogP contribution in [0.1, 0.15) is 36.3 Å². The number of nitriles is 1. The third-order valence-corrected chi connectivity index (χ3v) is 3.96. The lowest BCUT2D eigenvalue weighted by atomic mass is 10.1. The monoisotopic (exact) mass is 322 g/mol. The molecule has 0 unspecified atom stereocenters. The van der Waals surface area contributed by atoms with Gasteiger partial charge in [0.25, 0.3) is 5.91 Å². The first-order chi connectivity index (χ1) is 10.9. The van der Waals surface area contributed by atoms with E-state index < -0.39 is 36.2 Å². The van der Waals surface area contributed by atoms with E-state index in [0.29, 0.717) is 5.69 Å². The van der Waals surface area contributed by atoms with Crippen molar-refractivity contribution in [3.8, 4) is 6.07 Å². The number of aliphatic hydroxyl groups is 1. The summed E-state index contributed by atoms with van der Waals surface area (Å²) in [7, 11) is 0. The number of aromatic nitrogens is 2. The van der Waals surface area contributed by atoms with Crippen molar-refractivity contribution in [2.75, 3.05) is 6.61 Å². The van der Waals surface area contributed by atoms with Crippen molar-refractivity contribution in [3.63, 3.8) is 0 Å². The molecule has 0 radical (unpaired) electrons. The van der Waals surface area contributed by atoms with Gasteiger partial charge in [0.1, 0.15) is 24.0 Å². The number of rotatable bonds is 4. The molecule has 0 spiro atoms. The molecule has 2 fully saturated rings. The third-order valence-electron chi connectivity index (χ3n) is 3.96. The molecule has 0 aliphatic carbocycles. The smallest absolute Gasteiger partial charge is 0.269 e. The number of imidazole rings is 1. The molecule has 4 atom stereocenters. The minimum atomic E-state index is -0.812. The first kappa shape index (κ1) is 15.9. The zero-order valence-corrected chi connectivity index (χ0v) is 12.8. The molecule has 2 saturated heterocycles. The van der Waals surface area contributed by atoms with Crippen LogP contribution >= 0.6 is 0 Å². The van der Waals surface area contributed by atoms with Crippen molar-refractivity contribution in [1.82, 2.24) is 9.55 Å². The molecule has 3 rings (SSSR count). The Morgan fingerprint density at radius 3 is 2.83 bits per heavy atom. The fraction of sp³-hybridized carbons (Fsp3) is 0.643. The third kappa shape index (κ3) is 2.60. The lowest BCUT2D eigenvalue weighted by Crippen LogP contribution is -2.31. The van der Waals surface area contributed by atoms with Gasteiger partial charge in [-0.05, 0) is 13.8 Å². The molecule has 9 nitrogen and oxygen atoms in total. The number of aliphatic hydroxyl groups excluding tert-OH is 1. The van der Waals surface area contributed by atoms with Gasteiger partial charge in [-0.2, -0.15) is 5.26 Å². The Bertz CT molecular complexity index is 665. The summed E-state index contributed by atoms with van der Waals surface area (Å²) in [6.45, 7) is 3.31. The van der Waals surface area contributed by atoms with Crippen molar-refractivity contribution < 1.29 is 24.1 Å². The zero-order valence-electron chi connectivity index (χ0n) is 12.8. The summed E-state index contributed by atoms with van der Waals surface area (Å²) in [5, 5.41) is 18.5. The highest BCUT2D eigenvalue weighted by Gasteiger charge is 2.56. The minimum Gasteiger partial charge on any atom is -0.394 e. The van der Waals surface area contributed by atoms with E-state index in [4.69, 9.17) is 25.2 Å². The number of nitrogens with two attached hydrogens (primary N) is 1. The zero-order chi connectivity index (χ0) is 16.8. The summed E-state index contributed by atoms with van der Waals surface area (Å²) in [6, 6.07) is 1.98. The van der Waals surface area contributed by atoms with Crippen LogP contribution in [0.2, 0.25) is 0 Å². The van der Waals surface area contributed by atoms with Crippen LogP contribution in [0.3, 0.4) is 0 Å². The fourth-order valence-corrected chi connectivity index (χ4v) is 3.09. The Labute approximate surface area is 132 Å². The SMILES string of the molecule is CC1(C)O[C@@H]2[C@H](O1)[C@@H](CO)O[C@H]2n1cnc(C(N)=O)c1CC#N. The van der Waals surface area contributed by atoms with E-state index in [1.807, 2.05) is 6.07 Å². The van der Waals surface area contributed by atoms with E-state index in [1.165, 1.54) is 6.33 Å². The van der Waals surface area contributed by atoms with Crippen LogP contribution in [0, 0.1) is 11.3 Å². The Morgan fingerprint density at radius 2 is 2.22 bits per heavy atom. The summed E-state index contributed by atoms with van der Waals surface area (Å²) in [4.78, 5) is 15.5. The summed E-state index contributed by atoms with van der Waals surface area (Å²) < 4.78 is 19.0. The number of hydrogen-bond donors (Lipinski definition) is 2. The van der Waals surface area contributed by atoms with Crippen LogP contribution in [0.15, 0.2) is 6.33 Å². The number of fused-ring (bicyclic) bond motifs is 1. The van der Waals surface area contributed by atoms with E-state index in [9.17, 15) is 9.90 Å². The molecule has 0 bridgehead atoms. The first-order valence-electron chi connectivity index (χ1n) is 7.22. The highest BCUT2D eigenvalue weighted by Crippen LogP contribution is 2.43. The quantitative estimate of drug-likeness (QED) is 0.760. The van der Waals surface area contributed by atoms with Gasteiger partial charge in [-0.25, -0.2) is 4.98 Å². The van der Waals surface area contributed by atoms with Crippen LogP contribution < -0.4 is 5.73 Å². The van der Waals surface area contributed by atoms with E-state index in [2.05, 4.69) is 4.98 Å². The molecule has 3 heterocycles. The van der Waals surface area contributed by atoms with Crippen molar-refractivity contribution >= 4 is 5.91 Å². The van der Waals surface area contributed by atoms with Crippen LogP contribution in [-0.2, 0) is 20.6 Å². The molecule has 2 aliphatic heterocycles. The van der Waals surface area contributed by atoms with E-state index in [1.54, 1.807) is 18.4 Å². The largest absolute Gasteiger partial charge is 0.394 e. The standard InChI is InChI=1S/C14H18N4O5/c1-14(2)22-10-8(5-19)21-13(11(10)23-14)18-6-17-9(12(16)20)7(18)3-4-15/h6,8,10-11,13,19H,3,5H2,1-2H3,(H2,16,20)/t8-,10-,11-,13-/m1/s1.